The number of benzene rings is 3. The maximum Gasteiger partial charge on any atom is 0.305 e. The van der Waals surface area contributed by atoms with Crippen LogP contribution in [0.15, 0.2) is 66.7 Å². The van der Waals surface area contributed by atoms with Gasteiger partial charge in [-0.2, -0.15) is 0 Å². The molecule has 0 saturated carbocycles. The smallest absolute Gasteiger partial charge is 0.305 e. The zero-order valence-corrected chi connectivity index (χ0v) is 17.1. The predicted octanol–water partition coefficient (Wildman–Crippen LogP) is 6.18. The molecule has 0 bridgehead atoms. The number of esters is 1. The average Bonchev–Trinajstić information content (AvgIpc) is 3.15. The first-order valence-corrected chi connectivity index (χ1v) is 10.2. The Hall–Kier alpha value is -2.78. The highest BCUT2D eigenvalue weighted by atomic mass is 35.5. The lowest BCUT2D eigenvalue weighted by molar-refractivity contribution is -0.140. The van der Waals surface area contributed by atoms with Gasteiger partial charge in [0.15, 0.2) is 0 Å². The largest absolute Gasteiger partial charge is 0.486 e. The number of aryl methyl sites for hydroxylation is 2. The Morgan fingerprint density at radius 2 is 1.72 bits per heavy atom. The maximum atomic E-state index is 11.3. The molecule has 0 aliphatic heterocycles. The van der Waals surface area contributed by atoms with Crippen molar-refractivity contribution in [3.05, 3.63) is 88.4 Å². The van der Waals surface area contributed by atoms with E-state index in [4.69, 9.17) is 16.3 Å². The van der Waals surface area contributed by atoms with Crippen LogP contribution in [0.2, 0.25) is 5.02 Å². The molecule has 3 nitrogen and oxygen atoms in total. The number of fused-ring (bicyclic) bond motifs is 1. The van der Waals surface area contributed by atoms with E-state index in [-0.39, 0.29) is 12.1 Å². The highest BCUT2D eigenvalue weighted by molar-refractivity contribution is 6.30. The first-order valence-electron chi connectivity index (χ1n) is 9.83. The molecule has 0 aromatic heterocycles. The van der Waals surface area contributed by atoms with Crippen LogP contribution < -0.4 is 4.74 Å². The van der Waals surface area contributed by atoms with Gasteiger partial charge in [0, 0.05) is 11.4 Å². The third kappa shape index (κ3) is 4.63. The first kappa shape index (κ1) is 19.5. The minimum absolute atomic E-state index is 0.0742. The molecule has 148 valence electrons. The lowest BCUT2D eigenvalue weighted by Crippen LogP contribution is -2.04. The second kappa shape index (κ2) is 8.71. The van der Waals surface area contributed by atoms with Crippen molar-refractivity contribution in [3.8, 4) is 16.9 Å². The molecule has 0 amide bonds. The van der Waals surface area contributed by atoms with Crippen molar-refractivity contribution in [3.63, 3.8) is 0 Å². The molecule has 0 heterocycles. The molecule has 4 heteroatoms. The summed E-state index contributed by atoms with van der Waals surface area (Å²) < 4.78 is 10.9. The van der Waals surface area contributed by atoms with Crippen molar-refractivity contribution in [2.24, 2.45) is 0 Å². The topological polar surface area (TPSA) is 35.5 Å². The van der Waals surface area contributed by atoms with Crippen molar-refractivity contribution in [2.45, 2.75) is 31.8 Å². The molecular weight excluding hydrogens is 384 g/mol. The van der Waals surface area contributed by atoms with Gasteiger partial charge in [0.05, 0.1) is 7.11 Å². The fraction of sp³-hybridized carbons (Fsp3) is 0.240. The van der Waals surface area contributed by atoms with E-state index in [0.29, 0.717) is 12.8 Å². The highest BCUT2D eigenvalue weighted by Gasteiger charge is 2.24. The quantitative estimate of drug-likeness (QED) is 0.458. The number of hydrogen-bond donors (Lipinski definition) is 0. The Balaban J connectivity index is 1.43. The van der Waals surface area contributed by atoms with Crippen LogP contribution in [0.3, 0.4) is 0 Å². The molecule has 0 N–H and O–H groups in total. The lowest BCUT2D eigenvalue weighted by atomic mass is 10.0. The van der Waals surface area contributed by atoms with E-state index in [0.717, 1.165) is 29.2 Å². The molecule has 1 aliphatic rings. The normalized spacial score (nSPS) is 15.0. The van der Waals surface area contributed by atoms with Crippen molar-refractivity contribution < 1.29 is 14.3 Å². The van der Waals surface area contributed by atoms with Crippen LogP contribution in [0.25, 0.3) is 11.1 Å². The Kier molecular flexibility index (Phi) is 5.86. The van der Waals surface area contributed by atoms with Crippen molar-refractivity contribution in [1.29, 1.82) is 0 Å². The second-order valence-corrected chi connectivity index (χ2v) is 7.72. The fourth-order valence-corrected chi connectivity index (χ4v) is 3.90. The molecule has 0 spiro atoms. The number of ether oxygens (including phenoxy) is 2. The highest BCUT2D eigenvalue weighted by Crippen LogP contribution is 2.37. The molecule has 3 aromatic rings. The van der Waals surface area contributed by atoms with Gasteiger partial charge in [0.1, 0.15) is 11.9 Å². The Morgan fingerprint density at radius 1 is 1.00 bits per heavy atom. The summed E-state index contributed by atoms with van der Waals surface area (Å²) in [4.78, 5) is 11.3. The number of hydrogen-bond acceptors (Lipinski definition) is 3. The third-order valence-corrected chi connectivity index (χ3v) is 5.64. The van der Waals surface area contributed by atoms with Gasteiger partial charge in [-0.25, -0.2) is 0 Å². The fourth-order valence-electron chi connectivity index (χ4n) is 3.77. The maximum absolute atomic E-state index is 11.3. The molecule has 1 unspecified atom stereocenters. The van der Waals surface area contributed by atoms with Crippen LogP contribution in [-0.4, -0.2) is 13.1 Å². The standard InChI is InChI=1S/C25H23ClO3/c1-28-25(27)15-4-17-2-11-22(12-3-17)29-24-14-8-20-16-19(7-13-23(20)24)18-5-9-21(26)10-6-18/h2-3,5-7,9-13,16,24H,4,8,14-15H2,1H3. The molecule has 29 heavy (non-hydrogen) atoms. The predicted molar refractivity (Wildman–Crippen MR) is 115 cm³/mol. The van der Waals surface area contributed by atoms with Crippen molar-refractivity contribution >= 4 is 17.6 Å². The lowest BCUT2D eigenvalue weighted by Gasteiger charge is -2.16. The molecule has 0 radical (unpaired) electrons. The van der Waals surface area contributed by atoms with Gasteiger partial charge in [-0.3, -0.25) is 4.79 Å². The molecule has 0 fully saturated rings. The Labute approximate surface area is 176 Å². The number of carbonyl (C=O) groups excluding carboxylic acids is 1. The van der Waals surface area contributed by atoms with E-state index in [1.54, 1.807) is 0 Å². The van der Waals surface area contributed by atoms with Crippen molar-refractivity contribution in [1.82, 2.24) is 0 Å². The number of methoxy groups -OCH3 is 1. The molecule has 0 saturated heterocycles. The Bertz CT molecular complexity index is 994. The Morgan fingerprint density at radius 3 is 2.45 bits per heavy atom. The van der Waals surface area contributed by atoms with Crippen molar-refractivity contribution in [2.75, 3.05) is 7.11 Å². The van der Waals surface area contributed by atoms with E-state index in [1.165, 1.54) is 29.4 Å². The van der Waals surface area contributed by atoms with Gasteiger partial charge in [-0.05, 0) is 71.3 Å². The van der Waals surface area contributed by atoms with E-state index >= 15 is 0 Å². The molecule has 1 atom stereocenters. The monoisotopic (exact) mass is 406 g/mol. The van der Waals surface area contributed by atoms with Gasteiger partial charge in [-0.1, -0.05) is 54.1 Å². The molecular formula is C25H23ClO3. The second-order valence-electron chi connectivity index (χ2n) is 7.29. The number of halogens is 1. The number of carbonyl (C=O) groups is 1. The summed E-state index contributed by atoms with van der Waals surface area (Å²) in [7, 11) is 1.41. The van der Waals surface area contributed by atoms with Crippen LogP contribution in [0.4, 0.5) is 0 Å². The average molecular weight is 407 g/mol. The molecule has 1 aliphatic carbocycles. The summed E-state index contributed by atoms with van der Waals surface area (Å²) in [6, 6.07) is 22.5. The van der Waals surface area contributed by atoms with Crippen LogP contribution in [-0.2, 0) is 22.4 Å². The van der Waals surface area contributed by atoms with E-state index in [2.05, 4.69) is 35.1 Å². The van der Waals surface area contributed by atoms with Gasteiger partial charge in [0.2, 0.25) is 0 Å². The van der Waals surface area contributed by atoms with Gasteiger partial charge in [-0.15, -0.1) is 0 Å². The van der Waals surface area contributed by atoms with E-state index < -0.39 is 0 Å². The van der Waals surface area contributed by atoms with Crippen LogP contribution >= 0.6 is 11.6 Å². The minimum Gasteiger partial charge on any atom is -0.486 e. The van der Waals surface area contributed by atoms with E-state index in [1.807, 2.05) is 36.4 Å². The summed E-state index contributed by atoms with van der Waals surface area (Å²) in [6.45, 7) is 0. The summed E-state index contributed by atoms with van der Waals surface area (Å²) in [5.41, 5.74) is 6.08. The van der Waals surface area contributed by atoms with Gasteiger partial charge >= 0.3 is 5.97 Å². The van der Waals surface area contributed by atoms with E-state index in [9.17, 15) is 4.79 Å². The molecule has 4 rings (SSSR count). The molecule has 3 aromatic carbocycles. The SMILES string of the molecule is COC(=O)CCc1ccc(OC2CCc3cc(-c4ccc(Cl)cc4)ccc32)cc1. The summed E-state index contributed by atoms with van der Waals surface area (Å²) in [5.74, 6) is 0.664. The van der Waals surface area contributed by atoms with Gasteiger partial charge < -0.3 is 9.47 Å². The summed E-state index contributed by atoms with van der Waals surface area (Å²) in [5, 5.41) is 0.750. The van der Waals surface area contributed by atoms with Gasteiger partial charge in [0.25, 0.3) is 0 Å². The summed E-state index contributed by atoms with van der Waals surface area (Å²) >= 11 is 6.00. The van der Waals surface area contributed by atoms with Crippen LogP contribution in [0, 0.1) is 0 Å². The van der Waals surface area contributed by atoms with Crippen LogP contribution in [0.1, 0.15) is 35.6 Å². The zero-order valence-electron chi connectivity index (χ0n) is 16.4. The summed E-state index contributed by atoms with van der Waals surface area (Å²) in [6.07, 6.45) is 3.13. The third-order valence-electron chi connectivity index (χ3n) is 5.39. The first-order chi connectivity index (χ1) is 14.1. The number of rotatable bonds is 6. The van der Waals surface area contributed by atoms with Crippen LogP contribution in [0.5, 0.6) is 5.75 Å². The minimum atomic E-state index is -0.189. The zero-order chi connectivity index (χ0) is 20.2.